The van der Waals surface area contributed by atoms with Gasteiger partial charge in [0, 0.05) is 28.8 Å². The minimum Gasteiger partial charge on any atom is -0.370 e. The van der Waals surface area contributed by atoms with Gasteiger partial charge >= 0.3 is 0 Å². The number of anilines is 1. The summed E-state index contributed by atoms with van der Waals surface area (Å²) in [6, 6.07) is 7.83. The molecule has 0 aliphatic rings. The van der Waals surface area contributed by atoms with Crippen LogP contribution in [0.1, 0.15) is 37.6 Å². The maximum Gasteiger partial charge on any atom is 0.161 e. The third kappa shape index (κ3) is 4.68. The Morgan fingerprint density at radius 1 is 1.47 bits per heavy atom. The quantitative estimate of drug-likeness (QED) is 0.743. The van der Waals surface area contributed by atoms with Gasteiger partial charge in [-0.3, -0.25) is 4.79 Å². The fourth-order valence-corrected chi connectivity index (χ4v) is 2.35. The van der Waals surface area contributed by atoms with Crippen molar-refractivity contribution >= 4 is 27.4 Å². The molecule has 3 nitrogen and oxygen atoms in total. The predicted molar refractivity (Wildman–Crippen MR) is 81.4 cm³/mol. The molecule has 0 aliphatic heterocycles. The fraction of sp³-hybridized carbons (Fsp3) is 0.467. The number of benzene rings is 1. The van der Waals surface area contributed by atoms with E-state index in [4.69, 9.17) is 5.26 Å². The van der Waals surface area contributed by atoms with Crippen LogP contribution in [0.2, 0.25) is 0 Å². The van der Waals surface area contributed by atoms with Gasteiger partial charge in [-0.05, 0) is 31.0 Å². The lowest BCUT2D eigenvalue weighted by Gasteiger charge is -2.27. The largest absolute Gasteiger partial charge is 0.370 e. The van der Waals surface area contributed by atoms with Gasteiger partial charge in [-0.1, -0.05) is 29.8 Å². The van der Waals surface area contributed by atoms with E-state index < -0.39 is 0 Å². The van der Waals surface area contributed by atoms with Gasteiger partial charge < -0.3 is 4.90 Å². The van der Waals surface area contributed by atoms with Crippen LogP contribution in [0.15, 0.2) is 22.7 Å². The van der Waals surface area contributed by atoms with E-state index in [1.165, 1.54) is 0 Å². The van der Waals surface area contributed by atoms with E-state index in [-0.39, 0.29) is 5.78 Å². The number of halogens is 1. The standard InChI is InChI=1S/C15H19BrN2O/c1-11(2)10-18(8-4-7-17)15-9-13(16)5-6-14(15)12(3)19/h5-6,9,11H,4,8,10H2,1-3H3. The summed E-state index contributed by atoms with van der Waals surface area (Å²) in [5, 5.41) is 8.78. The average molecular weight is 323 g/mol. The molecule has 1 aromatic carbocycles. The smallest absolute Gasteiger partial charge is 0.161 e. The zero-order chi connectivity index (χ0) is 14.4. The third-order valence-electron chi connectivity index (χ3n) is 2.76. The van der Waals surface area contributed by atoms with Crippen molar-refractivity contribution in [2.24, 2.45) is 5.92 Å². The molecule has 1 rings (SSSR count). The Balaban J connectivity index is 3.15. The minimum absolute atomic E-state index is 0.0493. The first-order chi connectivity index (χ1) is 8.95. The molecule has 0 radical (unpaired) electrons. The molecule has 0 N–H and O–H groups in total. The molecule has 0 amide bonds. The van der Waals surface area contributed by atoms with Crippen LogP contribution in [0, 0.1) is 17.2 Å². The van der Waals surface area contributed by atoms with Crippen molar-refractivity contribution in [1.82, 2.24) is 0 Å². The summed E-state index contributed by atoms with van der Waals surface area (Å²) in [5.41, 5.74) is 1.62. The summed E-state index contributed by atoms with van der Waals surface area (Å²) in [6.07, 6.45) is 0.455. The first kappa shape index (κ1) is 15.7. The molecular weight excluding hydrogens is 304 g/mol. The van der Waals surface area contributed by atoms with E-state index in [0.29, 0.717) is 24.4 Å². The van der Waals surface area contributed by atoms with E-state index in [0.717, 1.165) is 16.7 Å². The number of ketones is 1. The summed E-state index contributed by atoms with van der Waals surface area (Å²) >= 11 is 3.45. The van der Waals surface area contributed by atoms with Crippen LogP contribution in [0.4, 0.5) is 5.69 Å². The van der Waals surface area contributed by atoms with Gasteiger partial charge in [-0.25, -0.2) is 0 Å². The summed E-state index contributed by atoms with van der Waals surface area (Å²) in [4.78, 5) is 13.9. The Morgan fingerprint density at radius 2 is 2.16 bits per heavy atom. The Labute approximate surface area is 123 Å². The molecule has 0 unspecified atom stereocenters. The molecule has 0 aliphatic carbocycles. The van der Waals surface area contributed by atoms with Gasteiger partial charge in [0.25, 0.3) is 0 Å². The first-order valence-corrected chi connectivity index (χ1v) is 7.17. The van der Waals surface area contributed by atoms with Crippen molar-refractivity contribution in [2.45, 2.75) is 27.2 Å². The second-order valence-electron chi connectivity index (χ2n) is 4.97. The SMILES string of the molecule is CC(=O)c1ccc(Br)cc1N(CCC#N)CC(C)C. The number of Topliss-reactive ketones (excluding diaryl/α,β-unsaturated/α-hetero) is 1. The predicted octanol–water partition coefficient (Wildman–Crippen LogP) is 4.03. The number of rotatable bonds is 6. The Hall–Kier alpha value is -1.34. The number of hydrogen-bond acceptors (Lipinski definition) is 3. The monoisotopic (exact) mass is 322 g/mol. The molecule has 102 valence electrons. The van der Waals surface area contributed by atoms with E-state index in [9.17, 15) is 4.79 Å². The van der Waals surface area contributed by atoms with Crippen molar-refractivity contribution in [3.8, 4) is 6.07 Å². The molecule has 0 saturated heterocycles. The van der Waals surface area contributed by atoms with E-state index >= 15 is 0 Å². The molecule has 0 aromatic heterocycles. The second kappa shape index (κ2) is 7.30. The molecular formula is C15H19BrN2O. The lowest BCUT2D eigenvalue weighted by molar-refractivity contribution is 0.101. The topological polar surface area (TPSA) is 44.1 Å². The molecule has 19 heavy (non-hydrogen) atoms. The number of nitrogens with zero attached hydrogens (tertiary/aromatic N) is 2. The molecule has 4 heteroatoms. The van der Waals surface area contributed by atoms with E-state index in [2.05, 4.69) is 40.7 Å². The van der Waals surface area contributed by atoms with E-state index in [1.807, 2.05) is 18.2 Å². The van der Waals surface area contributed by atoms with E-state index in [1.54, 1.807) is 6.92 Å². The van der Waals surface area contributed by atoms with Crippen LogP contribution in [0.3, 0.4) is 0 Å². The summed E-state index contributed by atoms with van der Waals surface area (Å²) in [5.74, 6) is 0.519. The van der Waals surface area contributed by atoms with Crippen LogP contribution in [-0.4, -0.2) is 18.9 Å². The Bertz CT molecular complexity index is 491. The van der Waals surface area contributed by atoms with Gasteiger partial charge in [0.2, 0.25) is 0 Å². The van der Waals surface area contributed by atoms with Crippen LogP contribution < -0.4 is 4.90 Å². The molecule has 0 fully saturated rings. The number of carbonyl (C=O) groups is 1. The molecule has 1 aromatic rings. The number of carbonyl (C=O) groups excluding carboxylic acids is 1. The van der Waals surface area contributed by atoms with Crippen LogP contribution in [-0.2, 0) is 0 Å². The number of hydrogen-bond donors (Lipinski definition) is 0. The third-order valence-corrected chi connectivity index (χ3v) is 3.25. The highest BCUT2D eigenvalue weighted by molar-refractivity contribution is 9.10. The molecule has 0 atom stereocenters. The summed E-state index contributed by atoms with van der Waals surface area (Å²) < 4.78 is 0.943. The van der Waals surface area contributed by atoms with Crippen LogP contribution in [0.5, 0.6) is 0 Å². The molecule has 0 spiro atoms. The highest BCUT2D eigenvalue weighted by Crippen LogP contribution is 2.26. The van der Waals surface area contributed by atoms with Crippen molar-refractivity contribution in [1.29, 1.82) is 5.26 Å². The zero-order valence-corrected chi connectivity index (χ0v) is 13.2. The van der Waals surface area contributed by atoms with Crippen molar-refractivity contribution in [3.63, 3.8) is 0 Å². The fourth-order valence-electron chi connectivity index (χ4n) is 2.00. The normalized spacial score (nSPS) is 10.3. The van der Waals surface area contributed by atoms with Crippen LogP contribution >= 0.6 is 15.9 Å². The Morgan fingerprint density at radius 3 is 2.68 bits per heavy atom. The Kier molecular flexibility index (Phi) is 6.04. The summed E-state index contributed by atoms with van der Waals surface area (Å²) in [7, 11) is 0. The van der Waals surface area contributed by atoms with Gasteiger partial charge in [0.15, 0.2) is 5.78 Å². The van der Waals surface area contributed by atoms with Gasteiger partial charge in [-0.2, -0.15) is 5.26 Å². The highest BCUT2D eigenvalue weighted by atomic mass is 79.9. The molecule has 0 heterocycles. The van der Waals surface area contributed by atoms with Crippen LogP contribution in [0.25, 0.3) is 0 Å². The lowest BCUT2D eigenvalue weighted by Crippen LogP contribution is -2.30. The lowest BCUT2D eigenvalue weighted by atomic mass is 10.1. The maximum absolute atomic E-state index is 11.7. The summed E-state index contributed by atoms with van der Waals surface area (Å²) in [6.45, 7) is 7.31. The maximum atomic E-state index is 11.7. The highest BCUT2D eigenvalue weighted by Gasteiger charge is 2.15. The number of nitriles is 1. The minimum atomic E-state index is 0.0493. The average Bonchev–Trinajstić information content (AvgIpc) is 2.33. The first-order valence-electron chi connectivity index (χ1n) is 6.38. The van der Waals surface area contributed by atoms with Gasteiger partial charge in [0.05, 0.1) is 12.5 Å². The van der Waals surface area contributed by atoms with Crippen molar-refractivity contribution in [2.75, 3.05) is 18.0 Å². The molecule has 0 bridgehead atoms. The zero-order valence-electron chi connectivity index (χ0n) is 11.6. The van der Waals surface area contributed by atoms with Gasteiger partial charge in [0.1, 0.15) is 0 Å². The van der Waals surface area contributed by atoms with Gasteiger partial charge in [-0.15, -0.1) is 0 Å². The second-order valence-corrected chi connectivity index (χ2v) is 5.88. The van der Waals surface area contributed by atoms with Crippen molar-refractivity contribution < 1.29 is 4.79 Å². The molecule has 0 saturated carbocycles. The van der Waals surface area contributed by atoms with Crippen molar-refractivity contribution in [3.05, 3.63) is 28.2 Å².